The minimum absolute atomic E-state index is 0.810. The third-order valence-corrected chi connectivity index (χ3v) is 16.3. The molecular formula is C58H34N2O4S2. The maximum absolute atomic E-state index is 6.95. The summed E-state index contributed by atoms with van der Waals surface area (Å²) >= 11 is 3.70. The number of para-hydroxylation sites is 12. The number of fused-ring (bicyclic) bond motifs is 18. The summed E-state index contributed by atoms with van der Waals surface area (Å²) in [6.45, 7) is 0. The van der Waals surface area contributed by atoms with Crippen LogP contribution < -0.4 is 28.7 Å². The Balaban J connectivity index is 1.13. The van der Waals surface area contributed by atoms with Gasteiger partial charge in [-0.25, -0.2) is 0 Å². The summed E-state index contributed by atoms with van der Waals surface area (Å²) < 4.78 is 27.1. The number of hydrogen-bond donors (Lipinski definition) is 0. The van der Waals surface area contributed by atoms with E-state index in [0.29, 0.717) is 0 Å². The van der Waals surface area contributed by atoms with Crippen molar-refractivity contribution in [2.45, 2.75) is 10.8 Å². The first-order valence-electron chi connectivity index (χ1n) is 22.1. The molecule has 0 bridgehead atoms. The minimum atomic E-state index is -0.822. The van der Waals surface area contributed by atoms with Gasteiger partial charge in [0.2, 0.25) is 0 Å². The van der Waals surface area contributed by atoms with Gasteiger partial charge in [-0.05, 0) is 96.1 Å². The van der Waals surface area contributed by atoms with E-state index in [1.54, 1.807) is 0 Å². The molecule has 2 spiro atoms. The van der Waals surface area contributed by atoms with Crippen molar-refractivity contribution in [2.75, 3.05) is 9.80 Å². The number of nitrogens with zero attached hydrogens (tertiary/aromatic N) is 2. The summed E-state index contributed by atoms with van der Waals surface area (Å²) in [6, 6.07) is 73.0. The fourth-order valence-electron chi connectivity index (χ4n) is 11.3. The maximum atomic E-state index is 6.95. The highest BCUT2D eigenvalue weighted by Gasteiger charge is 2.61. The Bertz CT molecular complexity index is 3210. The van der Waals surface area contributed by atoms with E-state index in [4.69, 9.17) is 18.9 Å². The average molecular weight is 887 g/mol. The molecule has 312 valence electrons. The third-order valence-electron chi connectivity index (χ3n) is 13.8. The van der Waals surface area contributed by atoms with Crippen LogP contribution >= 0.6 is 22.7 Å². The van der Waals surface area contributed by atoms with Crippen LogP contribution in [0.1, 0.15) is 43.1 Å². The molecule has 8 aromatic carbocycles. The van der Waals surface area contributed by atoms with E-state index in [-0.39, 0.29) is 0 Å². The fraction of sp³-hybridized carbons (Fsp3) is 0.0345. The summed E-state index contributed by atoms with van der Waals surface area (Å²) in [6.07, 6.45) is 0. The van der Waals surface area contributed by atoms with Gasteiger partial charge >= 0.3 is 0 Å². The van der Waals surface area contributed by atoms with Crippen molar-refractivity contribution in [1.29, 1.82) is 0 Å². The van der Waals surface area contributed by atoms with Gasteiger partial charge in [-0.2, -0.15) is 0 Å². The molecule has 10 aromatic rings. The van der Waals surface area contributed by atoms with Crippen LogP contribution in [-0.4, -0.2) is 0 Å². The monoisotopic (exact) mass is 886 g/mol. The lowest BCUT2D eigenvalue weighted by Crippen LogP contribution is -2.45. The summed E-state index contributed by atoms with van der Waals surface area (Å²) in [4.78, 5) is 7.23. The van der Waals surface area contributed by atoms with Crippen molar-refractivity contribution in [2.24, 2.45) is 0 Å². The van der Waals surface area contributed by atoms with Crippen LogP contribution in [0, 0.1) is 0 Å². The lowest BCUT2D eigenvalue weighted by Gasteiger charge is -2.50. The van der Waals surface area contributed by atoms with Gasteiger partial charge in [0.25, 0.3) is 0 Å². The number of anilines is 6. The van der Waals surface area contributed by atoms with E-state index in [1.165, 1.54) is 20.9 Å². The number of thiophene rings is 2. The molecule has 8 heteroatoms. The van der Waals surface area contributed by atoms with Gasteiger partial charge in [-0.1, -0.05) is 121 Å². The SMILES string of the molecule is c1ccc2c(c1)Oc1ccccc1N2c1cc2c(s1)C1(c3ccccc3Oc3ccccc31)c1cc(N3c4ccccc4Oc4ccccc43)sc1C21c2ccccc2Oc2ccccc21. The Morgan fingerprint density at radius 3 is 0.818 bits per heavy atom. The normalized spacial score (nSPS) is 15.3. The molecule has 4 aliphatic heterocycles. The second kappa shape index (κ2) is 13.3. The predicted molar refractivity (Wildman–Crippen MR) is 262 cm³/mol. The van der Waals surface area contributed by atoms with E-state index >= 15 is 0 Å². The summed E-state index contributed by atoms with van der Waals surface area (Å²) in [5.74, 6) is 6.59. The molecule has 0 fully saturated rings. The Morgan fingerprint density at radius 1 is 0.273 bits per heavy atom. The number of hydrogen-bond acceptors (Lipinski definition) is 8. The summed E-state index contributed by atoms with van der Waals surface area (Å²) in [5.41, 5.74) is 9.08. The van der Waals surface area contributed by atoms with Crippen LogP contribution in [0.2, 0.25) is 0 Å². The predicted octanol–water partition coefficient (Wildman–Crippen LogP) is 16.3. The van der Waals surface area contributed by atoms with Crippen molar-refractivity contribution >= 4 is 55.4 Å². The molecular weight excluding hydrogens is 853 g/mol. The van der Waals surface area contributed by atoms with Gasteiger partial charge in [-0.3, -0.25) is 9.80 Å². The molecule has 0 saturated carbocycles. The first kappa shape index (κ1) is 36.3. The maximum Gasteiger partial charge on any atom is 0.151 e. The van der Waals surface area contributed by atoms with E-state index in [9.17, 15) is 0 Å². The number of benzene rings is 8. The summed E-state index contributed by atoms with van der Waals surface area (Å²) in [7, 11) is 0. The molecule has 6 heterocycles. The highest BCUT2D eigenvalue weighted by molar-refractivity contribution is 7.18. The van der Waals surface area contributed by atoms with Gasteiger partial charge in [-0.15, -0.1) is 22.7 Å². The summed E-state index contributed by atoms with van der Waals surface area (Å²) in [5, 5.41) is 2.16. The molecule has 0 amide bonds. The van der Waals surface area contributed by atoms with E-state index < -0.39 is 10.8 Å². The van der Waals surface area contributed by atoms with Crippen LogP contribution in [-0.2, 0) is 10.8 Å². The van der Waals surface area contributed by atoms with Crippen LogP contribution in [0.25, 0.3) is 0 Å². The van der Waals surface area contributed by atoms with Gasteiger partial charge in [0.05, 0.1) is 33.6 Å². The van der Waals surface area contributed by atoms with Crippen LogP contribution in [0.3, 0.4) is 0 Å². The highest BCUT2D eigenvalue weighted by atomic mass is 32.1. The molecule has 0 saturated heterocycles. The first-order chi connectivity index (χ1) is 32.7. The number of ether oxygens (including phenoxy) is 4. The van der Waals surface area contributed by atoms with Crippen LogP contribution in [0.15, 0.2) is 206 Å². The zero-order valence-corrected chi connectivity index (χ0v) is 36.6. The van der Waals surface area contributed by atoms with Crippen molar-refractivity contribution in [3.05, 3.63) is 249 Å². The first-order valence-corrected chi connectivity index (χ1v) is 23.7. The van der Waals surface area contributed by atoms with E-state index in [1.807, 2.05) is 46.9 Å². The second-order valence-corrected chi connectivity index (χ2v) is 19.2. The molecule has 1 aliphatic carbocycles. The quantitative estimate of drug-likeness (QED) is 0.172. The Hall–Kier alpha value is -8.04. The smallest absolute Gasteiger partial charge is 0.151 e. The molecule has 0 N–H and O–H groups in total. The van der Waals surface area contributed by atoms with Gasteiger partial charge in [0.15, 0.2) is 23.0 Å². The molecule has 0 atom stereocenters. The fourth-order valence-corrected chi connectivity index (χ4v) is 14.2. The molecule has 0 unspecified atom stereocenters. The molecule has 5 aliphatic rings. The zero-order chi connectivity index (χ0) is 43.1. The molecule has 2 aromatic heterocycles. The van der Waals surface area contributed by atoms with Gasteiger partial charge in [0, 0.05) is 32.0 Å². The topological polar surface area (TPSA) is 43.4 Å². The molecule has 15 rings (SSSR count). The Kier molecular flexibility index (Phi) is 7.30. The van der Waals surface area contributed by atoms with Crippen molar-refractivity contribution in [3.8, 4) is 46.0 Å². The standard InChI is InChI=1S/C58H34N2O4S2/c1-9-25-45-35(17-1)57(36-18-2-10-26-46(36)61-45)39-33-53(59-41-21-5-13-29-49(41)63-50-30-14-6-22-42(50)59)66-56(39)58(37-19-3-11-27-47(37)62-48-28-12-4-20-38(48)58)40-34-54(65-55(40)57)60-43-23-7-15-31-51(43)64-52-32-16-8-24-44(52)60/h1-34H. The third kappa shape index (κ3) is 4.59. The number of rotatable bonds is 2. The van der Waals surface area contributed by atoms with Crippen LogP contribution in [0.4, 0.5) is 32.8 Å². The van der Waals surface area contributed by atoms with Gasteiger partial charge < -0.3 is 18.9 Å². The molecule has 0 radical (unpaired) electrons. The Morgan fingerprint density at radius 2 is 0.515 bits per heavy atom. The highest BCUT2D eigenvalue weighted by Crippen LogP contribution is 2.72. The lowest BCUT2D eigenvalue weighted by atomic mass is 9.54. The molecule has 66 heavy (non-hydrogen) atoms. The van der Waals surface area contributed by atoms with Crippen molar-refractivity contribution in [1.82, 2.24) is 0 Å². The van der Waals surface area contributed by atoms with E-state index in [0.717, 1.165) is 101 Å². The van der Waals surface area contributed by atoms with Crippen molar-refractivity contribution in [3.63, 3.8) is 0 Å². The second-order valence-electron chi connectivity index (χ2n) is 17.1. The minimum Gasteiger partial charge on any atom is -0.457 e. The molecule has 6 nitrogen and oxygen atoms in total. The largest absolute Gasteiger partial charge is 0.457 e. The zero-order valence-electron chi connectivity index (χ0n) is 35.0. The Labute approximate surface area is 388 Å². The van der Waals surface area contributed by atoms with E-state index in [2.05, 4.69) is 192 Å². The van der Waals surface area contributed by atoms with Crippen LogP contribution in [0.5, 0.6) is 46.0 Å². The van der Waals surface area contributed by atoms with Crippen molar-refractivity contribution < 1.29 is 18.9 Å². The lowest BCUT2D eigenvalue weighted by molar-refractivity contribution is 0.418. The van der Waals surface area contributed by atoms with Gasteiger partial charge in [0.1, 0.15) is 33.0 Å². The average Bonchev–Trinajstić information content (AvgIpc) is 4.03.